The van der Waals surface area contributed by atoms with Crippen LogP contribution in [0.15, 0.2) is 60.9 Å². The number of urea groups is 1. The fourth-order valence-electron chi connectivity index (χ4n) is 3.68. The number of ether oxygens (including phenoxy) is 1. The summed E-state index contributed by atoms with van der Waals surface area (Å²) >= 11 is 0. The van der Waals surface area contributed by atoms with Gasteiger partial charge in [0.05, 0.1) is 5.69 Å². The number of para-hydroxylation sites is 2. The van der Waals surface area contributed by atoms with Crippen LogP contribution in [0.3, 0.4) is 0 Å². The Balaban J connectivity index is 1.49. The summed E-state index contributed by atoms with van der Waals surface area (Å²) in [6.45, 7) is 3.32. The number of carboxylic acid groups (broad SMARTS) is 1. The zero-order chi connectivity index (χ0) is 29.0. The number of rotatable bonds is 8. The Hall–Kier alpha value is -5.21. The van der Waals surface area contributed by atoms with E-state index in [4.69, 9.17) is 0 Å². The van der Waals surface area contributed by atoms with Crippen molar-refractivity contribution in [3.8, 4) is 17.1 Å². The van der Waals surface area contributed by atoms with E-state index in [1.54, 1.807) is 26.0 Å². The van der Waals surface area contributed by atoms with E-state index < -0.39 is 36.1 Å². The normalized spacial score (nSPS) is 12.2. The predicted molar refractivity (Wildman–Crippen MR) is 136 cm³/mol. The number of carboxylic acids is 1. The van der Waals surface area contributed by atoms with E-state index in [1.165, 1.54) is 47.1 Å². The molecule has 0 saturated carbocycles. The Bertz CT molecular complexity index is 1550. The number of halogens is 3. The monoisotopic (exact) mass is 557 g/mol. The molecule has 0 unspecified atom stereocenters. The van der Waals surface area contributed by atoms with Gasteiger partial charge < -0.3 is 25.8 Å². The van der Waals surface area contributed by atoms with Gasteiger partial charge in [0.1, 0.15) is 6.04 Å². The zero-order valence-corrected chi connectivity index (χ0v) is 20.9. The van der Waals surface area contributed by atoms with Crippen molar-refractivity contribution in [3.63, 3.8) is 0 Å². The molecule has 3 amide bonds. The van der Waals surface area contributed by atoms with Gasteiger partial charge >= 0.3 is 18.4 Å². The molecule has 0 aliphatic heterocycles. The summed E-state index contributed by atoms with van der Waals surface area (Å²) in [4.78, 5) is 40.7. The molecule has 0 spiro atoms. The van der Waals surface area contributed by atoms with Crippen LogP contribution in [-0.4, -0.2) is 55.0 Å². The van der Waals surface area contributed by atoms with Gasteiger partial charge in [-0.15, -0.1) is 23.4 Å². The fourth-order valence-corrected chi connectivity index (χ4v) is 3.68. The van der Waals surface area contributed by atoms with Gasteiger partial charge in [0.15, 0.2) is 22.9 Å². The first-order chi connectivity index (χ1) is 18.9. The Morgan fingerprint density at radius 3 is 2.35 bits per heavy atom. The SMILES string of the molecule is CC(C)[C@H](NC(=O)c1nccn2c(-c3ccc(NC(=O)Nc4ccccc4OC(F)(F)F)cc3)nnc12)C(=O)O. The second-order valence-corrected chi connectivity index (χ2v) is 8.73. The molecule has 0 aliphatic carbocycles. The molecule has 12 nitrogen and oxygen atoms in total. The average Bonchev–Trinajstić information content (AvgIpc) is 3.32. The smallest absolute Gasteiger partial charge is 0.480 e. The van der Waals surface area contributed by atoms with Gasteiger partial charge in [0.2, 0.25) is 0 Å². The van der Waals surface area contributed by atoms with Crippen molar-refractivity contribution >= 4 is 34.9 Å². The number of hydrogen-bond acceptors (Lipinski definition) is 7. The van der Waals surface area contributed by atoms with Gasteiger partial charge in [-0.25, -0.2) is 14.6 Å². The number of anilines is 2. The Labute approximate surface area is 224 Å². The molecule has 208 valence electrons. The minimum Gasteiger partial charge on any atom is -0.480 e. The number of fused-ring (bicyclic) bond motifs is 1. The van der Waals surface area contributed by atoms with Gasteiger partial charge in [0.25, 0.3) is 5.91 Å². The highest BCUT2D eigenvalue weighted by atomic mass is 19.4. The second-order valence-electron chi connectivity index (χ2n) is 8.73. The first-order valence-corrected chi connectivity index (χ1v) is 11.7. The molecule has 0 aliphatic rings. The lowest BCUT2D eigenvalue weighted by molar-refractivity contribution is -0.274. The quantitative estimate of drug-likeness (QED) is 0.251. The zero-order valence-electron chi connectivity index (χ0n) is 20.9. The van der Waals surface area contributed by atoms with Crippen LogP contribution in [0.5, 0.6) is 5.75 Å². The van der Waals surface area contributed by atoms with Crippen LogP contribution in [0.1, 0.15) is 24.3 Å². The van der Waals surface area contributed by atoms with E-state index in [0.717, 1.165) is 6.07 Å². The van der Waals surface area contributed by atoms with E-state index in [-0.39, 0.29) is 22.9 Å². The molecular formula is C25H22F3N7O5. The van der Waals surface area contributed by atoms with Gasteiger partial charge in [-0.2, -0.15) is 0 Å². The highest BCUT2D eigenvalue weighted by Gasteiger charge is 2.32. The van der Waals surface area contributed by atoms with Gasteiger partial charge in [-0.1, -0.05) is 26.0 Å². The molecule has 0 radical (unpaired) electrons. The topological polar surface area (TPSA) is 160 Å². The summed E-state index contributed by atoms with van der Waals surface area (Å²) in [5.74, 6) is -2.51. The van der Waals surface area contributed by atoms with Crippen LogP contribution in [0.25, 0.3) is 17.0 Å². The average molecular weight is 557 g/mol. The largest absolute Gasteiger partial charge is 0.573 e. The summed E-state index contributed by atoms with van der Waals surface area (Å²) in [6, 6.07) is 9.44. The molecule has 40 heavy (non-hydrogen) atoms. The first kappa shape index (κ1) is 27.8. The van der Waals surface area contributed by atoms with E-state index >= 15 is 0 Å². The van der Waals surface area contributed by atoms with E-state index in [9.17, 15) is 32.7 Å². The molecule has 0 fully saturated rings. The molecule has 15 heteroatoms. The van der Waals surface area contributed by atoms with Crippen molar-refractivity contribution in [2.45, 2.75) is 26.3 Å². The van der Waals surface area contributed by atoms with Gasteiger partial charge in [-0.3, -0.25) is 9.20 Å². The number of carbonyl (C=O) groups is 3. The molecule has 2 heterocycles. The third-order valence-electron chi connectivity index (χ3n) is 5.52. The lowest BCUT2D eigenvalue weighted by Crippen LogP contribution is -2.44. The van der Waals surface area contributed by atoms with Crippen LogP contribution >= 0.6 is 0 Å². The summed E-state index contributed by atoms with van der Waals surface area (Å²) in [7, 11) is 0. The van der Waals surface area contributed by atoms with Gasteiger partial charge in [-0.05, 0) is 42.3 Å². The Morgan fingerprint density at radius 2 is 1.70 bits per heavy atom. The van der Waals surface area contributed by atoms with E-state index in [1.807, 2.05) is 0 Å². The van der Waals surface area contributed by atoms with Crippen molar-refractivity contribution in [2.24, 2.45) is 5.92 Å². The number of alkyl halides is 3. The minimum atomic E-state index is -4.93. The number of nitrogens with zero attached hydrogens (tertiary/aromatic N) is 4. The van der Waals surface area contributed by atoms with Crippen LogP contribution in [0, 0.1) is 5.92 Å². The third kappa shape index (κ3) is 6.43. The number of hydrogen-bond donors (Lipinski definition) is 4. The molecule has 2 aromatic heterocycles. The van der Waals surface area contributed by atoms with Crippen LogP contribution in [-0.2, 0) is 4.79 Å². The fraction of sp³-hybridized carbons (Fsp3) is 0.200. The summed E-state index contributed by atoms with van der Waals surface area (Å²) in [6.07, 6.45) is -2.05. The van der Waals surface area contributed by atoms with Crippen molar-refractivity contribution in [3.05, 3.63) is 66.6 Å². The molecule has 4 aromatic rings. The van der Waals surface area contributed by atoms with Crippen molar-refractivity contribution < 1.29 is 37.4 Å². The third-order valence-corrected chi connectivity index (χ3v) is 5.52. The Kier molecular flexibility index (Phi) is 7.83. The maximum absolute atomic E-state index is 12.8. The summed E-state index contributed by atoms with van der Waals surface area (Å²) < 4.78 is 43.3. The minimum absolute atomic E-state index is 0.101. The van der Waals surface area contributed by atoms with Crippen LogP contribution in [0.2, 0.25) is 0 Å². The molecule has 4 rings (SSSR count). The maximum atomic E-state index is 12.8. The van der Waals surface area contributed by atoms with Crippen LogP contribution < -0.4 is 20.7 Å². The standard InChI is InChI=1S/C25H22F3N7O5/c1-13(2)18(23(37)38)32-22(36)19-21-34-33-20(35(21)12-11-29-19)14-7-9-15(10-8-14)30-24(39)31-16-5-3-4-6-17(16)40-25(26,27)28/h3-13,18H,1-2H3,(H,32,36)(H,37,38)(H2,30,31,39)/t18-/m0/s1. The van der Waals surface area contributed by atoms with Crippen molar-refractivity contribution in [2.75, 3.05) is 10.6 Å². The van der Waals surface area contributed by atoms with Gasteiger partial charge in [0, 0.05) is 23.6 Å². The molecular weight excluding hydrogens is 535 g/mol. The number of carbonyl (C=O) groups excluding carboxylic acids is 2. The summed E-state index contributed by atoms with van der Waals surface area (Å²) in [5, 5.41) is 24.8. The highest BCUT2D eigenvalue weighted by molar-refractivity contribution is 6.01. The molecule has 2 aromatic carbocycles. The molecule has 0 saturated heterocycles. The highest BCUT2D eigenvalue weighted by Crippen LogP contribution is 2.30. The molecule has 0 bridgehead atoms. The van der Waals surface area contributed by atoms with Crippen LogP contribution in [0.4, 0.5) is 29.3 Å². The summed E-state index contributed by atoms with van der Waals surface area (Å²) in [5.41, 5.74) is 0.674. The molecule has 1 atom stereocenters. The number of amides is 3. The number of aromatic nitrogens is 4. The molecule has 4 N–H and O–H groups in total. The number of benzene rings is 2. The van der Waals surface area contributed by atoms with E-state index in [0.29, 0.717) is 17.1 Å². The Morgan fingerprint density at radius 1 is 1.00 bits per heavy atom. The number of aliphatic carboxylic acids is 1. The second kappa shape index (κ2) is 11.3. The predicted octanol–water partition coefficient (Wildman–Crippen LogP) is 4.17. The van der Waals surface area contributed by atoms with Crippen molar-refractivity contribution in [1.29, 1.82) is 0 Å². The lowest BCUT2D eigenvalue weighted by Gasteiger charge is -2.17. The number of nitrogens with one attached hydrogen (secondary N) is 3. The maximum Gasteiger partial charge on any atom is 0.573 e. The lowest BCUT2D eigenvalue weighted by atomic mass is 10.0. The van der Waals surface area contributed by atoms with E-state index in [2.05, 4.69) is 35.9 Å². The first-order valence-electron chi connectivity index (χ1n) is 11.7. The van der Waals surface area contributed by atoms with Crippen molar-refractivity contribution in [1.82, 2.24) is 24.9 Å².